The molecule has 0 aliphatic carbocycles. The maximum Gasteiger partial charge on any atom is 0.418 e. The van der Waals surface area contributed by atoms with Crippen molar-refractivity contribution < 1.29 is 28.6 Å². The van der Waals surface area contributed by atoms with Crippen LogP contribution in [0.2, 0.25) is 5.02 Å². The van der Waals surface area contributed by atoms with Crippen LogP contribution in [0.15, 0.2) is 72.8 Å². The summed E-state index contributed by atoms with van der Waals surface area (Å²) in [5.74, 6) is -0.392. The molecular formula is C28H27ClN2O6. The molecule has 37 heavy (non-hydrogen) atoms. The number of imide groups is 1. The van der Waals surface area contributed by atoms with Gasteiger partial charge in [0.15, 0.2) is 0 Å². The van der Waals surface area contributed by atoms with Crippen LogP contribution in [0.4, 0.5) is 4.79 Å². The lowest BCUT2D eigenvalue weighted by Gasteiger charge is -2.26. The second kappa shape index (κ2) is 10.9. The van der Waals surface area contributed by atoms with Gasteiger partial charge in [0.05, 0.1) is 20.3 Å². The first-order valence-electron chi connectivity index (χ1n) is 11.6. The Kier molecular flexibility index (Phi) is 7.69. The molecule has 3 aromatic carbocycles. The molecule has 0 aromatic heterocycles. The highest BCUT2D eigenvalue weighted by Gasteiger charge is 2.60. The number of carbonyl (C=O) groups is 3. The molecule has 8 nitrogen and oxygen atoms in total. The van der Waals surface area contributed by atoms with Crippen LogP contribution < -0.4 is 14.8 Å². The number of hydrogen-bond acceptors (Lipinski definition) is 6. The number of carbonyl (C=O) groups excluding carboxylic acids is 3. The van der Waals surface area contributed by atoms with Crippen molar-refractivity contribution in [1.29, 1.82) is 0 Å². The molecule has 0 spiro atoms. The van der Waals surface area contributed by atoms with Gasteiger partial charge in [0, 0.05) is 24.1 Å². The fourth-order valence-corrected chi connectivity index (χ4v) is 4.51. The smallest absolute Gasteiger partial charge is 0.418 e. The van der Waals surface area contributed by atoms with Crippen LogP contribution in [-0.4, -0.2) is 42.6 Å². The van der Waals surface area contributed by atoms with E-state index in [0.29, 0.717) is 27.6 Å². The number of hydrogen-bond donors (Lipinski definition) is 1. The van der Waals surface area contributed by atoms with Crippen molar-refractivity contribution in [3.8, 4) is 11.5 Å². The molecule has 0 radical (unpaired) electrons. The summed E-state index contributed by atoms with van der Waals surface area (Å²) in [5, 5.41) is 3.19. The van der Waals surface area contributed by atoms with Gasteiger partial charge in [-0.1, -0.05) is 54.1 Å². The number of ether oxygens (including phenoxy) is 3. The highest BCUT2D eigenvalue weighted by atomic mass is 35.5. The highest BCUT2D eigenvalue weighted by molar-refractivity contribution is 6.30. The first-order chi connectivity index (χ1) is 17.8. The van der Waals surface area contributed by atoms with Gasteiger partial charge < -0.3 is 19.5 Å². The van der Waals surface area contributed by atoms with E-state index >= 15 is 0 Å². The van der Waals surface area contributed by atoms with Crippen LogP contribution in [0.5, 0.6) is 11.5 Å². The van der Waals surface area contributed by atoms with Crippen LogP contribution in [0.25, 0.3) is 0 Å². The van der Waals surface area contributed by atoms with Gasteiger partial charge in [-0.15, -0.1) is 0 Å². The topological polar surface area (TPSA) is 94.2 Å². The molecule has 3 amide bonds. The average molecular weight is 523 g/mol. The van der Waals surface area contributed by atoms with Crippen LogP contribution in [0.1, 0.15) is 29.7 Å². The van der Waals surface area contributed by atoms with Crippen molar-refractivity contribution in [2.45, 2.75) is 31.5 Å². The van der Waals surface area contributed by atoms with E-state index in [1.54, 1.807) is 61.5 Å². The van der Waals surface area contributed by atoms with E-state index in [1.807, 2.05) is 18.2 Å². The molecule has 1 aliphatic heterocycles. The van der Waals surface area contributed by atoms with Gasteiger partial charge in [-0.3, -0.25) is 9.59 Å². The Balaban J connectivity index is 1.66. The Morgan fingerprint density at radius 2 is 1.65 bits per heavy atom. The zero-order chi connectivity index (χ0) is 26.6. The lowest BCUT2D eigenvalue weighted by Crippen LogP contribution is -2.55. The Morgan fingerprint density at radius 1 is 0.973 bits per heavy atom. The summed E-state index contributed by atoms with van der Waals surface area (Å²) >= 11 is 6.15. The molecule has 1 N–H and O–H groups in total. The van der Waals surface area contributed by atoms with Gasteiger partial charge in [0.25, 0.3) is 17.4 Å². The van der Waals surface area contributed by atoms with Crippen molar-refractivity contribution in [3.63, 3.8) is 0 Å². The van der Waals surface area contributed by atoms with Gasteiger partial charge in [-0.2, -0.15) is 0 Å². The van der Waals surface area contributed by atoms with E-state index < -0.39 is 29.6 Å². The summed E-state index contributed by atoms with van der Waals surface area (Å²) in [6.45, 7) is 1.76. The summed E-state index contributed by atoms with van der Waals surface area (Å²) in [6.07, 6.45) is -1.06. The number of cyclic esters (lactones) is 1. The SMILES string of the molecule is COc1cc(CNC(=O)C2(Cc3cccc(Cl)c3)OC(=O)N([C@H](C)c3ccccc3)C2=O)cc(OC)c1. The fourth-order valence-electron chi connectivity index (χ4n) is 4.30. The number of nitrogens with one attached hydrogen (secondary N) is 1. The molecule has 1 heterocycles. The second-order valence-corrected chi connectivity index (χ2v) is 9.10. The third kappa shape index (κ3) is 5.39. The third-order valence-corrected chi connectivity index (χ3v) is 6.50. The molecule has 192 valence electrons. The van der Waals surface area contributed by atoms with Crippen molar-refractivity contribution in [2.24, 2.45) is 0 Å². The number of nitrogens with zero attached hydrogens (tertiary/aromatic N) is 1. The highest BCUT2D eigenvalue weighted by Crippen LogP contribution is 2.35. The summed E-state index contributed by atoms with van der Waals surface area (Å²) < 4.78 is 16.2. The molecule has 9 heteroatoms. The fraction of sp³-hybridized carbons (Fsp3) is 0.250. The lowest BCUT2D eigenvalue weighted by molar-refractivity contribution is -0.150. The molecule has 0 saturated carbocycles. The Morgan fingerprint density at radius 3 is 2.27 bits per heavy atom. The first-order valence-corrected chi connectivity index (χ1v) is 12.0. The molecule has 1 fully saturated rings. The van der Waals surface area contributed by atoms with Crippen molar-refractivity contribution in [1.82, 2.24) is 10.2 Å². The van der Waals surface area contributed by atoms with E-state index in [2.05, 4.69) is 5.32 Å². The number of amides is 3. The van der Waals surface area contributed by atoms with E-state index in [0.717, 1.165) is 10.5 Å². The van der Waals surface area contributed by atoms with Crippen LogP contribution in [0, 0.1) is 0 Å². The van der Waals surface area contributed by atoms with Gasteiger partial charge in [0.1, 0.15) is 11.5 Å². The maximum atomic E-state index is 13.8. The maximum absolute atomic E-state index is 13.8. The van der Waals surface area contributed by atoms with E-state index in [-0.39, 0.29) is 13.0 Å². The zero-order valence-electron chi connectivity index (χ0n) is 20.7. The van der Waals surface area contributed by atoms with Gasteiger partial charge in [0.2, 0.25) is 0 Å². The summed E-state index contributed by atoms with van der Waals surface area (Å²) in [4.78, 5) is 41.6. The summed E-state index contributed by atoms with van der Waals surface area (Å²) in [5.41, 5.74) is -0.127. The van der Waals surface area contributed by atoms with Gasteiger partial charge in [-0.05, 0) is 47.9 Å². The van der Waals surface area contributed by atoms with Gasteiger partial charge >= 0.3 is 6.09 Å². The molecule has 1 unspecified atom stereocenters. The standard InChI is InChI=1S/C28H27ClN2O6/c1-18(21-9-5-4-6-10-21)31-26(33)28(37-27(31)34,16-19-8-7-11-22(29)12-19)25(32)30-17-20-13-23(35-2)15-24(14-20)36-3/h4-15,18H,16-17H2,1-3H3,(H,30,32)/t18-,28?/m1/s1. The van der Waals surface area contributed by atoms with Crippen LogP contribution in [-0.2, 0) is 27.3 Å². The van der Waals surface area contributed by atoms with Crippen molar-refractivity contribution in [2.75, 3.05) is 14.2 Å². The minimum Gasteiger partial charge on any atom is -0.497 e. The predicted molar refractivity (Wildman–Crippen MR) is 137 cm³/mol. The minimum absolute atomic E-state index is 0.0444. The summed E-state index contributed by atoms with van der Waals surface area (Å²) in [6, 6.07) is 20.3. The molecule has 1 aliphatic rings. The number of halogens is 1. The summed E-state index contributed by atoms with van der Waals surface area (Å²) in [7, 11) is 3.05. The van der Waals surface area contributed by atoms with E-state index in [4.69, 9.17) is 25.8 Å². The number of benzene rings is 3. The van der Waals surface area contributed by atoms with Crippen LogP contribution in [0.3, 0.4) is 0 Å². The van der Waals surface area contributed by atoms with E-state index in [9.17, 15) is 14.4 Å². The zero-order valence-corrected chi connectivity index (χ0v) is 21.5. The van der Waals surface area contributed by atoms with E-state index in [1.165, 1.54) is 14.2 Å². The van der Waals surface area contributed by atoms with Crippen molar-refractivity contribution >= 4 is 29.5 Å². The Bertz CT molecular complexity index is 1290. The largest absolute Gasteiger partial charge is 0.497 e. The minimum atomic E-state index is -2.10. The molecular weight excluding hydrogens is 496 g/mol. The molecule has 3 aromatic rings. The lowest BCUT2D eigenvalue weighted by atomic mass is 9.91. The normalized spacial score (nSPS) is 17.8. The molecule has 0 bridgehead atoms. The third-order valence-electron chi connectivity index (χ3n) is 6.26. The molecule has 2 atom stereocenters. The number of methoxy groups -OCH3 is 2. The quantitative estimate of drug-likeness (QED) is 0.410. The van der Waals surface area contributed by atoms with Crippen LogP contribution >= 0.6 is 11.6 Å². The van der Waals surface area contributed by atoms with Crippen molar-refractivity contribution in [3.05, 3.63) is 94.5 Å². The monoisotopic (exact) mass is 522 g/mol. The Labute approximate surface area is 220 Å². The average Bonchev–Trinajstić information content (AvgIpc) is 3.16. The Hall–Kier alpha value is -4.04. The second-order valence-electron chi connectivity index (χ2n) is 8.67. The number of rotatable bonds is 9. The predicted octanol–water partition coefficient (Wildman–Crippen LogP) is 4.69. The first kappa shape index (κ1) is 26.0. The molecule has 1 saturated heterocycles. The van der Waals surface area contributed by atoms with Gasteiger partial charge in [-0.25, -0.2) is 9.69 Å². The molecule has 4 rings (SSSR count).